The number of rotatable bonds is 6. The van der Waals surface area contributed by atoms with Crippen LogP contribution in [0, 0.1) is 16.0 Å². The average molecular weight is 361 g/mol. The highest BCUT2D eigenvalue weighted by Gasteiger charge is 2.28. The van der Waals surface area contributed by atoms with Crippen LogP contribution < -0.4 is 0 Å². The number of tetrazole rings is 1. The van der Waals surface area contributed by atoms with Gasteiger partial charge in [-0.3, -0.25) is 14.9 Å². The fourth-order valence-corrected chi connectivity index (χ4v) is 3.90. The van der Waals surface area contributed by atoms with Gasteiger partial charge in [0.15, 0.2) is 5.78 Å². The Morgan fingerprint density at radius 2 is 2.12 bits per heavy atom. The standard InChI is InChI=1S/C16H19N5O3S/c1-20-16(17-18-19-20)25-10-11-7-8-13(14(9-11)21(23)24)15(22)12-5-3-2-4-6-12/h7-9,12H,2-6,10H2,1H3. The lowest BCUT2D eigenvalue weighted by atomic mass is 9.83. The molecule has 1 aromatic carbocycles. The minimum Gasteiger partial charge on any atom is -0.294 e. The summed E-state index contributed by atoms with van der Waals surface area (Å²) < 4.78 is 1.54. The lowest BCUT2D eigenvalue weighted by Gasteiger charge is -2.20. The van der Waals surface area contributed by atoms with Crippen LogP contribution in [0.5, 0.6) is 0 Å². The summed E-state index contributed by atoms with van der Waals surface area (Å²) in [5, 5.41) is 23.3. The molecule has 1 saturated carbocycles. The molecule has 8 nitrogen and oxygen atoms in total. The van der Waals surface area contributed by atoms with Gasteiger partial charge in [-0.1, -0.05) is 37.1 Å². The number of nitro benzene ring substituents is 1. The molecule has 9 heteroatoms. The highest BCUT2D eigenvalue weighted by Crippen LogP contribution is 2.31. The summed E-state index contributed by atoms with van der Waals surface area (Å²) in [7, 11) is 1.73. The van der Waals surface area contributed by atoms with Crippen LogP contribution in [0.25, 0.3) is 0 Å². The van der Waals surface area contributed by atoms with Crippen LogP contribution in [0.1, 0.15) is 48.0 Å². The largest absolute Gasteiger partial charge is 0.294 e. The van der Waals surface area contributed by atoms with Crippen molar-refractivity contribution in [1.82, 2.24) is 20.2 Å². The van der Waals surface area contributed by atoms with Gasteiger partial charge < -0.3 is 0 Å². The molecule has 0 atom stereocenters. The first-order valence-corrected chi connectivity index (χ1v) is 9.21. The fourth-order valence-electron chi connectivity index (χ4n) is 3.10. The number of hydrogen-bond donors (Lipinski definition) is 0. The first-order chi connectivity index (χ1) is 12.1. The molecular formula is C16H19N5O3S. The molecule has 0 radical (unpaired) electrons. The van der Waals surface area contributed by atoms with Crippen molar-refractivity contribution in [2.45, 2.75) is 43.0 Å². The Balaban J connectivity index is 1.79. The number of thioether (sulfide) groups is 1. The Morgan fingerprint density at radius 3 is 2.76 bits per heavy atom. The molecular weight excluding hydrogens is 342 g/mol. The molecule has 0 N–H and O–H groups in total. The molecule has 25 heavy (non-hydrogen) atoms. The van der Waals surface area contributed by atoms with E-state index in [0.29, 0.717) is 10.9 Å². The predicted octanol–water partition coefficient (Wildman–Crippen LogP) is 3.17. The van der Waals surface area contributed by atoms with E-state index >= 15 is 0 Å². The smallest absolute Gasteiger partial charge is 0.280 e. The van der Waals surface area contributed by atoms with E-state index in [-0.39, 0.29) is 23.0 Å². The Morgan fingerprint density at radius 1 is 1.36 bits per heavy atom. The van der Waals surface area contributed by atoms with E-state index in [9.17, 15) is 14.9 Å². The zero-order valence-electron chi connectivity index (χ0n) is 13.9. The topological polar surface area (TPSA) is 104 Å². The van der Waals surface area contributed by atoms with Crippen LogP contribution in [-0.2, 0) is 12.8 Å². The van der Waals surface area contributed by atoms with Gasteiger partial charge in [-0.05, 0) is 34.9 Å². The third-order valence-electron chi connectivity index (χ3n) is 4.45. The highest BCUT2D eigenvalue weighted by molar-refractivity contribution is 7.98. The van der Waals surface area contributed by atoms with Crippen LogP contribution in [0.15, 0.2) is 23.4 Å². The summed E-state index contributed by atoms with van der Waals surface area (Å²) in [6, 6.07) is 4.87. The summed E-state index contributed by atoms with van der Waals surface area (Å²) in [5.74, 6) is 0.313. The highest BCUT2D eigenvalue weighted by atomic mass is 32.2. The zero-order chi connectivity index (χ0) is 17.8. The lowest BCUT2D eigenvalue weighted by molar-refractivity contribution is -0.385. The average Bonchev–Trinajstić information content (AvgIpc) is 3.05. The molecule has 2 aromatic rings. The summed E-state index contributed by atoms with van der Waals surface area (Å²) in [5.41, 5.74) is 0.885. The predicted molar refractivity (Wildman–Crippen MR) is 92.4 cm³/mol. The number of carbonyl (C=O) groups excluding carboxylic acids is 1. The van der Waals surface area contributed by atoms with Crippen molar-refractivity contribution in [3.05, 3.63) is 39.4 Å². The van der Waals surface area contributed by atoms with E-state index < -0.39 is 4.92 Å². The van der Waals surface area contributed by atoms with E-state index in [2.05, 4.69) is 15.5 Å². The molecule has 0 spiro atoms. The van der Waals surface area contributed by atoms with Crippen LogP contribution in [0.2, 0.25) is 0 Å². The third kappa shape index (κ3) is 4.04. The van der Waals surface area contributed by atoms with Gasteiger partial charge in [-0.15, -0.1) is 5.10 Å². The molecule has 0 bridgehead atoms. The minimum absolute atomic E-state index is 0.0857. The minimum atomic E-state index is -0.464. The first kappa shape index (κ1) is 17.5. The van der Waals surface area contributed by atoms with Crippen LogP contribution in [-0.4, -0.2) is 30.9 Å². The molecule has 1 aliphatic carbocycles. The van der Waals surface area contributed by atoms with Gasteiger partial charge in [0.05, 0.1) is 10.5 Å². The molecule has 0 unspecified atom stereocenters. The third-order valence-corrected chi connectivity index (χ3v) is 5.53. The zero-order valence-corrected chi connectivity index (χ0v) is 14.7. The number of Topliss-reactive ketones (excluding diaryl/α,β-unsaturated/α-hetero) is 1. The summed E-state index contributed by atoms with van der Waals surface area (Å²) in [6.07, 6.45) is 4.83. The van der Waals surface area contributed by atoms with Crippen LogP contribution in [0.3, 0.4) is 0 Å². The molecule has 0 aliphatic heterocycles. The normalized spacial score (nSPS) is 15.2. The van der Waals surface area contributed by atoms with Crippen molar-refractivity contribution >= 4 is 23.2 Å². The van der Waals surface area contributed by atoms with Crippen LogP contribution >= 0.6 is 11.8 Å². The number of carbonyl (C=O) groups is 1. The van der Waals surface area contributed by atoms with Gasteiger partial charge in [-0.25, -0.2) is 4.68 Å². The molecule has 1 aromatic heterocycles. The van der Waals surface area contributed by atoms with Crippen molar-refractivity contribution in [3.63, 3.8) is 0 Å². The number of hydrogen-bond acceptors (Lipinski definition) is 7. The maximum absolute atomic E-state index is 12.7. The molecule has 1 heterocycles. The van der Waals surface area contributed by atoms with Crippen molar-refractivity contribution in [1.29, 1.82) is 0 Å². The van der Waals surface area contributed by atoms with E-state index in [4.69, 9.17) is 0 Å². The van der Waals surface area contributed by atoms with Gasteiger partial charge in [0.1, 0.15) is 0 Å². The number of ketones is 1. The Labute approximate surface area is 149 Å². The SMILES string of the molecule is Cn1nnnc1SCc1ccc(C(=O)C2CCCCC2)c([N+](=O)[O-])c1. The summed E-state index contributed by atoms with van der Waals surface area (Å²) in [6.45, 7) is 0. The van der Waals surface area contributed by atoms with Crippen molar-refractivity contribution < 1.29 is 9.72 Å². The molecule has 132 valence electrons. The summed E-state index contributed by atoms with van der Waals surface area (Å²) in [4.78, 5) is 23.7. The fraction of sp³-hybridized carbons (Fsp3) is 0.500. The number of nitrogens with zero attached hydrogens (tertiary/aromatic N) is 5. The molecule has 1 fully saturated rings. The van der Waals surface area contributed by atoms with Gasteiger partial charge in [0.25, 0.3) is 5.69 Å². The van der Waals surface area contributed by atoms with Crippen molar-refractivity contribution in [2.75, 3.05) is 0 Å². The quantitative estimate of drug-likeness (QED) is 0.337. The van der Waals surface area contributed by atoms with E-state index in [1.54, 1.807) is 23.9 Å². The Hall–Kier alpha value is -2.29. The van der Waals surface area contributed by atoms with Crippen molar-refractivity contribution in [3.8, 4) is 0 Å². The Bertz CT molecular complexity index is 786. The van der Waals surface area contributed by atoms with Gasteiger partial charge in [-0.2, -0.15) is 0 Å². The van der Waals surface area contributed by atoms with E-state index in [1.807, 2.05) is 0 Å². The number of aryl methyl sites for hydroxylation is 1. The van der Waals surface area contributed by atoms with Gasteiger partial charge in [0.2, 0.25) is 5.16 Å². The molecule has 0 saturated heterocycles. The number of aromatic nitrogens is 4. The molecule has 3 rings (SSSR count). The second kappa shape index (κ2) is 7.73. The van der Waals surface area contributed by atoms with Crippen molar-refractivity contribution in [2.24, 2.45) is 13.0 Å². The van der Waals surface area contributed by atoms with Gasteiger partial charge in [0, 0.05) is 24.8 Å². The monoisotopic (exact) mass is 361 g/mol. The maximum atomic E-state index is 12.7. The summed E-state index contributed by atoms with van der Waals surface area (Å²) >= 11 is 1.39. The van der Waals surface area contributed by atoms with Crippen LogP contribution in [0.4, 0.5) is 5.69 Å². The second-order valence-corrected chi connectivity index (χ2v) is 7.12. The van der Waals surface area contributed by atoms with E-state index in [1.165, 1.54) is 17.8 Å². The second-order valence-electron chi connectivity index (χ2n) is 6.18. The van der Waals surface area contributed by atoms with Gasteiger partial charge >= 0.3 is 0 Å². The number of nitro groups is 1. The molecule has 0 amide bonds. The van der Waals surface area contributed by atoms with E-state index in [0.717, 1.165) is 37.7 Å². The number of benzene rings is 1. The maximum Gasteiger partial charge on any atom is 0.280 e. The lowest BCUT2D eigenvalue weighted by Crippen LogP contribution is -2.19. The molecule has 1 aliphatic rings. The Kier molecular flexibility index (Phi) is 5.42. The first-order valence-electron chi connectivity index (χ1n) is 8.23.